The largest absolute Gasteiger partial charge is 0.507 e. The van der Waals surface area contributed by atoms with Gasteiger partial charge in [-0.1, -0.05) is 18.2 Å². The number of nitrogens with zero attached hydrogens (tertiary/aromatic N) is 3. The normalized spacial score (nSPS) is 18.5. The van der Waals surface area contributed by atoms with E-state index in [1.807, 2.05) is 19.0 Å². The number of benzene rings is 1. The second kappa shape index (κ2) is 8.87. The molecule has 0 aliphatic carbocycles. The number of Topliss-reactive ketones (excluding diaryl/α,β-unsaturated/α-hetero) is 1. The zero-order chi connectivity index (χ0) is 21.0. The Morgan fingerprint density at radius 3 is 2.55 bits per heavy atom. The number of para-hydroxylation sites is 1. The number of methoxy groups -OCH3 is 1. The number of likely N-dealkylation sites (tertiary alicyclic amines) is 1. The van der Waals surface area contributed by atoms with Gasteiger partial charge >= 0.3 is 0 Å². The van der Waals surface area contributed by atoms with Gasteiger partial charge in [0.05, 0.1) is 23.9 Å². The number of carbonyl (C=O) groups is 2. The van der Waals surface area contributed by atoms with E-state index in [1.165, 1.54) is 12.0 Å². The molecule has 29 heavy (non-hydrogen) atoms. The molecule has 0 radical (unpaired) electrons. The zero-order valence-electron chi connectivity index (χ0n) is 16.8. The Morgan fingerprint density at radius 2 is 1.90 bits per heavy atom. The van der Waals surface area contributed by atoms with Gasteiger partial charge < -0.3 is 19.6 Å². The molecule has 0 bridgehead atoms. The molecule has 1 atom stereocenters. The molecule has 152 valence electrons. The molecule has 1 aliphatic heterocycles. The highest BCUT2D eigenvalue weighted by atomic mass is 16.5. The van der Waals surface area contributed by atoms with Gasteiger partial charge in [0.2, 0.25) is 0 Å². The molecule has 7 heteroatoms. The van der Waals surface area contributed by atoms with Crippen LogP contribution in [0.15, 0.2) is 54.2 Å². The summed E-state index contributed by atoms with van der Waals surface area (Å²) >= 11 is 0. The van der Waals surface area contributed by atoms with Crippen molar-refractivity contribution in [3.63, 3.8) is 0 Å². The van der Waals surface area contributed by atoms with Crippen LogP contribution in [0, 0.1) is 0 Å². The van der Waals surface area contributed by atoms with Crippen molar-refractivity contribution < 1.29 is 19.4 Å². The van der Waals surface area contributed by atoms with E-state index >= 15 is 0 Å². The molecule has 1 aromatic heterocycles. The maximum Gasteiger partial charge on any atom is 0.295 e. The molecular weight excluding hydrogens is 370 g/mol. The van der Waals surface area contributed by atoms with Gasteiger partial charge in [-0.2, -0.15) is 0 Å². The highest BCUT2D eigenvalue weighted by molar-refractivity contribution is 6.46. The van der Waals surface area contributed by atoms with Gasteiger partial charge in [-0.3, -0.25) is 14.6 Å². The Hall–Kier alpha value is -3.19. The summed E-state index contributed by atoms with van der Waals surface area (Å²) in [4.78, 5) is 33.6. The van der Waals surface area contributed by atoms with Crippen LogP contribution in [-0.4, -0.2) is 65.9 Å². The van der Waals surface area contributed by atoms with E-state index in [4.69, 9.17) is 4.74 Å². The van der Waals surface area contributed by atoms with Crippen molar-refractivity contribution in [1.29, 1.82) is 0 Å². The summed E-state index contributed by atoms with van der Waals surface area (Å²) < 4.78 is 5.32. The van der Waals surface area contributed by atoms with Gasteiger partial charge in [-0.05, 0) is 51.3 Å². The van der Waals surface area contributed by atoms with Gasteiger partial charge in [0.15, 0.2) is 0 Å². The number of aliphatic hydroxyl groups is 1. The standard InChI is InChI=1S/C22H25N3O4/c1-24(2)13-8-14-25-19(16-10-6-7-12-23-16)18(21(27)22(25)28)20(26)15-9-4-5-11-17(15)29-3/h4-7,9-12,19,26H,8,13-14H2,1-3H3/b20-18+. The summed E-state index contributed by atoms with van der Waals surface area (Å²) in [6.45, 7) is 1.15. The number of aromatic nitrogens is 1. The zero-order valence-corrected chi connectivity index (χ0v) is 16.8. The molecule has 3 rings (SSSR count). The van der Waals surface area contributed by atoms with Crippen molar-refractivity contribution in [3.05, 3.63) is 65.5 Å². The van der Waals surface area contributed by atoms with E-state index in [-0.39, 0.29) is 11.3 Å². The first-order valence-electron chi connectivity index (χ1n) is 9.43. The third-order valence-electron chi connectivity index (χ3n) is 4.87. The lowest BCUT2D eigenvalue weighted by molar-refractivity contribution is -0.140. The highest BCUT2D eigenvalue weighted by Crippen LogP contribution is 2.40. The molecule has 0 saturated carbocycles. The quantitative estimate of drug-likeness (QED) is 0.441. The average molecular weight is 395 g/mol. The summed E-state index contributed by atoms with van der Waals surface area (Å²) in [5.41, 5.74) is 0.929. The van der Waals surface area contributed by atoms with Crippen LogP contribution in [0.3, 0.4) is 0 Å². The molecular formula is C22H25N3O4. The van der Waals surface area contributed by atoms with Crippen LogP contribution < -0.4 is 4.74 Å². The van der Waals surface area contributed by atoms with Crippen LogP contribution in [0.4, 0.5) is 0 Å². The number of amides is 1. The minimum atomic E-state index is -0.747. The molecule has 1 unspecified atom stereocenters. The van der Waals surface area contributed by atoms with Gasteiger partial charge in [-0.15, -0.1) is 0 Å². The number of pyridine rings is 1. The molecule has 7 nitrogen and oxygen atoms in total. The van der Waals surface area contributed by atoms with Crippen LogP contribution in [0.5, 0.6) is 5.75 Å². The number of rotatable bonds is 7. The maximum atomic E-state index is 12.9. The monoisotopic (exact) mass is 395 g/mol. The lowest BCUT2D eigenvalue weighted by atomic mass is 9.98. The molecule has 1 amide bonds. The Balaban J connectivity index is 2.11. The summed E-state index contributed by atoms with van der Waals surface area (Å²) in [6.07, 6.45) is 2.30. The van der Waals surface area contributed by atoms with Crippen molar-refractivity contribution >= 4 is 17.4 Å². The minimum absolute atomic E-state index is 0.0306. The predicted octanol–water partition coefficient (Wildman–Crippen LogP) is 2.46. The Morgan fingerprint density at radius 1 is 1.17 bits per heavy atom. The van der Waals surface area contributed by atoms with Gasteiger partial charge in [0, 0.05) is 12.7 Å². The first kappa shape index (κ1) is 20.5. The Labute approximate surface area is 170 Å². The van der Waals surface area contributed by atoms with E-state index in [1.54, 1.807) is 48.7 Å². The van der Waals surface area contributed by atoms with Crippen molar-refractivity contribution in [3.8, 4) is 5.75 Å². The van der Waals surface area contributed by atoms with E-state index in [0.29, 0.717) is 30.0 Å². The van der Waals surface area contributed by atoms with E-state index in [0.717, 1.165) is 6.54 Å². The lowest BCUT2D eigenvalue weighted by Gasteiger charge is -2.25. The molecule has 1 fully saturated rings. The number of aliphatic hydroxyl groups excluding tert-OH is 1. The molecule has 1 aliphatic rings. The molecule has 0 spiro atoms. The average Bonchev–Trinajstić information content (AvgIpc) is 2.98. The number of hydrogen-bond donors (Lipinski definition) is 1. The van der Waals surface area contributed by atoms with Gasteiger partial charge in [-0.25, -0.2) is 0 Å². The topological polar surface area (TPSA) is 83.0 Å². The first-order valence-corrected chi connectivity index (χ1v) is 9.43. The summed E-state index contributed by atoms with van der Waals surface area (Å²) in [7, 11) is 5.39. The summed E-state index contributed by atoms with van der Waals surface area (Å²) in [5.74, 6) is -1.18. The van der Waals surface area contributed by atoms with Crippen LogP contribution in [0.2, 0.25) is 0 Å². The summed E-state index contributed by atoms with van der Waals surface area (Å²) in [6, 6.07) is 11.4. The number of ketones is 1. The van der Waals surface area contributed by atoms with Crippen molar-refractivity contribution in [2.45, 2.75) is 12.5 Å². The fourth-order valence-corrected chi connectivity index (χ4v) is 3.50. The van der Waals surface area contributed by atoms with Crippen LogP contribution in [0.25, 0.3) is 5.76 Å². The number of carbonyl (C=O) groups excluding carboxylic acids is 2. The number of ether oxygens (including phenoxy) is 1. The van der Waals surface area contributed by atoms with Crippen molar-refractivity contribution in [2.75, 3.05) is 34.3 Å². The van der Waals surface area contributed by atoms with Gasteiger partial charge in [0.25, 0.3) is 11.7 Å². The molecule has 1 saturated heterocycles. The van der Waals surface area contributed by atoms with E-state index in [9.17, 15) is 14.7 Å². The van der Waals surface area contributed by atoms with Crippen molar-refractivity contribution in [1.82, 2.24) is 14.8 Å². The lowest BCUT2D eigenvalue weighted by Crippen LogP contribution is -2.32. The van der Waals surface area contributed by atoms with E-state index < -0.39 is 17.7 Å². The third-order valence-corrected chi connectivity index (χ3v) is 4.87. The number of hydrogen-bond acceptors (Lipinski definition) is 6. The Kier molecular flexibility index (Phi) is 6.29. The molecule has 1 N–H and O–H groups in total. The first-order chi connectivity index (χ1) is 14.0. The summed E-state index contributed by atoms with van der Waals surface area (Å²) in [5, 5.41) is 11.0. The SMILES string of the molecule is COc1ccccc1/C(O)=C1\C(=O)C(=O)N(CCCN(C)C)C1c1ccccn1. The predicted molar refractivity (Wildman–Crippen MR) is 109 cm³/mol. The Bertz CT molecular complexity index is 925. The van der Waals surface area contributed by atoms with Crippen LogP contribution in [-0.2, 0) is 9.59 Å². The second-order valence-electron chi connectivity index (χ2n) is 7.10. The maximum absolute atomic E-state index is 12.9. The molecule has 2 heterocycles. The van der Waals surface area contributed by atoms with E-state index in [2.05, 4.69) is 4.98 Å². The molecule has 2 aromatic rings. The fourth-order valence-electron chi connectivity index (χ4n) is 3.50. The molecule has 1 aromatic carbocycles. The smallest absolute Gasteiger partial charge is 0.295 e. The highest BCUT2D eigenvalue weighted by Gasteiger charge is 2.46. The fraction of sp³-hybridized carbons (Fsp3) is 0.318. The van der Waals surface area contributed by atoms with Crippen LogP contribution in [0.1, 0.15) is 23.7 Å². The van der Waals surface area contributed by atoms with Crippen LogP contribution >= 0.6 is 0 Å². The van der Waals surface area contributed by atoms with Gasteiger partial charge in [0.1, 0.15) is 17.6 Å². The van der Waals surface area contributed by atoms with Crippen molar-refractivity contribution in [2.24, 2.45) is 0 Å². The third kappa shape index (κ3) is 4.14. The second-order valence-corrected chi connectivity index (χ2v) is 7.10. The minimum Gasteiger partial charge on any atom is -0.507 e.